The molecule has 1 aliphatic carbocycles. The minimum Gasteiger partial charge on any atom is -0.508 e. The maximum atomic E-state index is 12.2. The fraction of sp³-hybridized carbons (Fsp3) is 0.588. The molecule has 0 unspecified atom stereocenters. The van der Waals surface area contributed by atoms with Gasteiger partial charge in [-0.1, -0.05) is 12.1 Å². The first-order chi connectivity index (χ1) is 10.2. The molecule has 1 saturated heterocycles. The lowest BCUT2D eigenvalue weighted by Gasteiger charge is -2.22. The van der Waals surface area contributed by atoms with Gasteiger partial charge in [0.05, 0.1) is 0 Å². The molecule has 1 amide bonds. The number of benzene rings is 1. The van der Waals surface area contributed by atoms with Gasteiger partial charge in [-0.05, 0) is 42.9 Å². The van der Waals surface area contributed by atoms with Crippen LogP contribution in [0.2, 0.25) is 0 Å². The molecule has 1 aromatic carbocycles. The zero-order valence-corrected chi connectivity index (χ0v) is 12.5. The van der Waals surface area contributed by atoms with E-state index in [0.29, 0.717) is 17.6 Å². The minimum absolute atomic E-state index is 0.323. The van der Waals surface area contributed by atoms with E-state index >= 15 is 0 Å². The Morgan fingerprint density at radius 1 is 1.19 bits per heavy atom. The van der Waals surface area contributed by atoms with Crippen molar-refractivity contribution in [1.29, 1.82) is 0 Å². The number of aromatic hydroxyl groups is 1. The molecular weight excluding hydrogens is 264 g/mol. The number of phenols is 1. The molecule has 1 heterocycles. The Hall–Kier alpha value is -1.55. The van der Waals surface area contributed by atoms with Crippen LogP contribution in [0, 0.1) is 5.92 Å². The highest BCUT2D eigenvalue weighted by Crippen LogP contribution is 2.33. The summed E-state index contributed by atoms with van der Waals surface area (Å²) in [5.74, 6) is 1.34. The van der Waals surface area contributed by atoms with Gasteiger partial charge in [0, 0.05) is 39.1 Å². The van der Waals surface area contributed by atoms with Gasteiger partial charge in [0.25, 0.3) is 0 Å². The van der Waals surface area contributed by atoms with Crippen LogP contribution in [0.4, 0.5) is 0 Å². The van der Waals surface area contributed by atoms with E-state index in [-0.39, 0.29) is 0 Å². The molecule has 21 heavy (non-hydrogen) atoms. The number of hydrogen-bond donors (Lipinski definition) is 1. The van der Waals surface area contributed by atoms with Crippen molar-refractivity contribution < 1.29 is 9.90 Å². The number of rotatable bonds is 4. The summed E-state index contributed by atoms with van der Waals surface area (Å²) in [7, 11) is 0. The molecule has 1 saturated carbocycles. The Bertz CT molecular complexity index is 499. The summed E-state index contributed by atoms with van der Waals surface area (Å²) in [6.07, 6.45) is 4.27. The van der Waals surface area contributed by atoms with Crippen molar-refractivity contribution in [3.05, 3.63) is 29.8 Å². The highest BCUT2D eigenvalue weighted by molar-refractivity contribution is 5.76. The average molecular weight is 288 g/mol. The van der Waals surface area contributed by atoms with Crippen molar-refractivity contribution in [2.24, 2.45) is 5.92 Å². The lowest BCUT2D eigenvalue weighted by Crippen LogP contribution is -2.35. The molecule has 1 aliphatic heterocycles. The van der Waals surface area contributed by atoms with E-state index in [1.807, 2.05) is 23.1 Å². The Morgan fingerprint density at radius 3 is 2.81 bits per heavy atom. The van der Waals surface area contributed by atoms with E-state index in [1.54, 1.807) is 6.07 Å². The van der Waals surface area contributed by atoms with E-state index in [1.165, 1.54) is 12.8 Å². The number of carbonyl (C=O) groups excluding carboxylic acids is 1. The molecule has 0 spiro atoms. The quantitative estimate of drug-likeness (QED) is 0.924. The Morgan fingerprint density at radius 2 is 2.05 bits per heavy atom. The molecule has 2 fully saturated rings. The van der Waals surface area contributed by atoms with Gasteiger partial charge in [0.2, 0.25) is 5.91 Å². The highest BCUT2D eigenvalue weighted by Gasteiger charge is 2.27. The summed E-state index contributed by atoms with van der Waals surface area (Å²) in [4.78, 5) is 16.6. The lowest BCUT2D eigenvalue weighted by atomic mass is 10.2. The molecular formula is C17H24N2O2. The summed E-state index contributed by atoms with van der Waals surface area (Å²) in [6.45, 7) is 4.51. The number of amides is 1. The van der Waals surface area contributed by atoms with Crippen molar-refractivity contribution in [2.45, 2.75) is 32.2 Å². The van der Waals surface area contributed by atoms with Crippen LogP contribution in [0.3, 0.4) is 0 Å². The topological polar surface area (TPSA) is 43.8 Å². The van der Waals surface area contributed by atoms with Crippen molar-refractivity contribution in [1.82, 2.24) is 9.80 Å². The number of hydrogen-bond acceptors (Lipinski definition) is 3. The molecule has 0 aromatic heterocycles. The summed E-state index contributed by atoms with van der Waals surface area (Å²) in [5.41, 5.74) is 1.13. The number of phenolic OH excluding ortho intramolecular Hbond substituents is 1. The van der Waals surface area contributed by atoms with Crippen molar-refractivity contribution in [3.8, 4) is 5.75 Å². The monoisotopic (exact) mass is 288 g/mol. The molecule has 2 aliphatic rings. The summed E-state index contributed by atoms with van der Waals surface area (Å²) < 4.78 is 0. The second-order valence-corrected chi connectivity index (χ2v) is 6.33. The van der Waals surface area contributed by atoms with E-state index in [2.05, 4.69) is 4.90 Å². The van der Waals surface area contributed by atoms with E-state index < -0.39 is 0 Å². The molecule has 0 radical (unpaired) electrons. The second-order valence-electron chi connectivity index (χ2n) is 6.33. The largest absolute Gasteiger partial charge is 0.508 e. The van der Waals surface area contributed by atoms with Crippen LogP contribution in [-0.4, -0.2) is 47.0 Å². The SMILES string of the molecule is O=C(CC1CC1)N1CCCN(Cc2cccc(O)c2)CC1. The predicted octanol–water partition coefficient (Wildman–Crippen LogP) is 2.23. The van der Waals surface area contributed by atoms with Crippen LogP contribution in [0.5, 0.6) is 5.75 Å². The van der Waals surface area contributed by atoms with Crippen LogP contribution >= 0.6 is 0 Å². The van der Waals surface area contributed by atoms with Crippen molar-refractivity contribution in [3.63, 3.8) is 0 Å². The fourth-order valence-corrected chi connectivity index (χ4v) is 2.99. The predicted molar refractivity (Wildman–Crippen MR) is 81.9 cm³/mol. The van der Waals surface area contributed by atoms with Gasteiger partial charge in [-0.25, -0.2) is 0 Å². The third-order valence-corrected chi connectivity index (χ3v) is 4.42. The zero-order chi connectivity index (χ0) is 14.7. The Kier molecular flexibility index (Phi) is 4.44. The average Bonchev–Trinajstić information content (AvgIpc) is 3.26. The zero-order valence-electron chi connectivity index (χ0n) is 12.5. The summed E-state index contributed by atoms with van der Waals surface area (Å²) in [5, 5.41) is 9.53. The third kappa shape index (κ3) is 4.21. The molecule has 0 atom stereocenters. The molecule has 114 valence electrons. The highest BCUT2D eigenvalue weighted by atomic mass is 16.3. The maximum absolute atomic E-state index is 12.2. The molecule has 3 rings (SSSR count). The first kappa shape index (κ1) is 14.4. The lowest BCUT2D eigenvalue weighted by molar-refractivity contribution is -0.131. The standard InChI is InChI=1S/C17H24N2O2/c20-16-4-1-3-15(11-16)13-18-7-2-8-19(10-9-18)17(21)12-14-5-6-14/h1,3-4,11,14,20H,2,5-10,12-13H2. The van der Waals surface area contributed by atoms with Gasteiger partial charge < -0.3 is 10.0 Å². The Balaban J connectivity index is 1.51. The van der Waals surface area contributed by atoms with E-state index in [9.17, 15) is 9.90 Å². The minimum atomic E-state index is 0.323. The van der Waals surface area contributed by atoms with E-state index in [4.69, 9.17) is 0 Å². The van der Waals surface area contributed by atoms with Gasteiger partial charge in [0.15, 0.2) is 0 Å². The Labute approximate surface area is 126 Å². The normalized spacial score (nSPS) is 20.3. The van der Waals surface area contributed by atoms with Crippen LogP contribution in [0.15, 0.2) is 24.3 Å². The number of carbonyl (C=O) groups is 1. The van der Waals surface area contributed by atoms with Gasteiger partial charge in [-0.3, -0.25) is 9.69 Å². The fourth-order valence-electron chi connectivity index (χ4n) is 2.99. The van der Waals surface area contributed by atoms with Gasteiger partial charge in [-0.15, -0.1) is 0 Å². The first-order valence-corrected chi connectivity index (χ1v) is 7.99. The summed E-state index contributed by atoms with van der Waals surface area (Å²) in [6, 6.07) is 7.44. The van der Waals surface area contributed by atoms with Crippen molar-refractivity contribution >= 4 is 5.91 Å². The molecule has 4 nitrogen and oxygen atoms in total. The molecule has 0 bridgehead atoms. The van der Waals surface area contributed by atoms with Crippen LogP contribution in [0.25, 0.3) is 0 Å². The smallest absolute Gasteiger partial charge is 0.222 e. The molecule has 4 heteroatoms. The van der Waals surface area contributed by atoms with Gasteiger partial charge >= 0.3 is 0 Å². The van der Waals surface area contributed by atoms with Crippen LogP contribution < -0.4 is 0 Å². The summed E-state index contributed by atoms with van der Waals surface area (Å²) >= 11 is 0. The first-order valence-electron chi connectivity index (χ1n) is 7.99. The third-order valence-electron chi connectivity index (χ3n) is 4.42. The maximum Gasteiger partial charge on any atom is 0.222 e. The van der Waals surface area contributed by atoms with Crippen LogP contribution in [-0.2, 0) is 11.3 Å². The molecule has 1 N–H and O–H groups in total. The van der Waals surface area contributed by atoms with Crippen LogP contribution in [0.1, 0.15) is 31.2 Å². The van der Waals surface area contributed by atoms with Gasteiger partial charge in [-0.2, -0.15) is 0 Å². The second kappa shape index (κ2) is 6.48. The number of nitrogens with zero attached hydrogens (tertiary/aromatic N) is 2. The van der Waals surface area contributed by atoms with Gasteiger partial charge in [0.1, 0.15) is 5.75 Å². The van der Waals surface area contributed by atoms with E-state index in [0.717, 1.165) is 51.1 Å². The molecule has 1 aromatic rings. The van der Waals surface area contributed by atoms with Crippen molar-refractivity contribution in [2.75, 3.05) is 26.2 Å².